The average Bonchev–Trinajstić information content (AvgIpc) is 2.83. The van der Waals surface area contributed by atoms with Crippen molar-refractivity contribution in [1.82, 2.24) is 10.2 Å². The lowest BCUT2D eigenvalue weighted by atomic mass is 10.1. The highest BCUT2D eigenvalue weighted by Gasteiger charge is 2.20. The van der Waals surface area contributed by atoms with Crippen LogP contribution in [0.15, 0.2) is 28.7 Å². The zero-order valence-corrected chi connectivity index (χ0v) is 15.3. The Morgan fingerprint density at radius 2 is 1.74 bits per heavy atom. The monoisotopic (exact) mass is 380 g/mol. The zero-order valence-electron chi connectivity index (χ0n) is 13.7. The minimum atomic E-state index is -0.137. The SMILES string of the molecule is CN(C(=O)CCNC(=O)c1ccc(Br)cc1)C1CCCCCC1. The Morgan fingerprint density at radius 3 is 2.35 bits per heavy atom. The number of hydrogen-bond acceptors (Lipinski definition) is 2. The van der Waals surface area contributed by atoms with Crippen LogP contribution in [-0.4, -0.2) is 36.3 Å². The van der Waals surface area contributed by atoms with Gasteiger partial charge in [0.1, 0.15) is 0 Å². The molecule has 1 N–H and O–H groups in total. The van der Waals surface area contributed by atoms with Crippen LogP contribution in [0.3, 0.4) is 0 Å². The van der Waals surface area contributed by atoms with Gasteiger partial charge in [-0.1, -0.05) is 41.6 Å². The predicted molar refractivity (Wildman–Crippen MR) is 95.4 cm³/mol. The summed E-state index contributed by atoms with van der Waals surface area (Å²) in [5.41, 5.74) is 0.609. The van der Waals surface area contributed by atoms with Gasteiger partial charge in [0.2, 0.25) is 5.91 Å². The molecule has 0 radical (unpaired) electrons. The number of carbonyl (C=O) groups excluding carboxylic acids is 2. The zero-order chi connectivity index (χ0) is 16.7. The molecular weight excluding hydrogens is 356 g/mol. The summed E-state index contributed by atoms with van der Waals surface area (Å²) in [6.07, 6.45) is 7.55. The van der Waals surface area contributed by atoms with Gasteiger partial charge in [-0.2, -0.15) is 0 Å². The molecule has 1 fully saturated rings. The van der Waals surface area contributed by atoms with E-state index in [4.69, 9.17) is 0 Å². The average molecular weight is 381 g/mol. The topological polar surface area (TPSA) is 49.4 Å². The molecule has 1 aliphatic rings. The molecule has 0 unspecified atom stereocenters. The Balaban J connectivity index is 1.75. The fourth-order valence-electron chi connectivity index (χ4n) is 3.01. The molecule has 0 saturated heterocycles. The van der Waals surface area contributed by atoms with E-state index in [-0.39, 0.29) is 11.8 Å². The third-order valence-corrected chi connectivity index (χ3v) is 5.03. The first-order valence-electron chi connectivity index (χ1n) is 8.37. The van der Waals surface area contributed by atoms with Gasteiger partial charge in [-0.3, -0.25) is 9.59 Å². The van der Waals surface area contributed by atoms with E-state index in [0.717, 1.165) is 17.3 Å². The van der Waals surface area contributed by atoms with Gasteiger partial charge in [0.05, 0.1) is 0 Å². The minimum Gasteiger partial charge on any atom is -0.352 e. The predicted octanol–water partition coefficient (Wildman–Crippen LogP) is 3.75. The van der Waals surface area contributed by atoms with Gasteiger partial charge in [0.25, 0.3) is 5.91 Å². The smallest absolute Gasteiger partial charge is 0.251 e. The van der Waals surface area contributed by atoms with Gasteiger partial charge in [-0.05, 0) is 37.1 Å². The Morgan fingerprint density at radius 1 is 1.13 bits per heavy atom. The molecule has 4 nitrogen and oxygen atoms in total. The van der Waals surface area contributed by atoms with E-state index >= 15 is 0 Å². The molecular formula is C18H25BrN2O2. The fraction of sp³-hybridized carbons (Fsp3) is 0.556. The van der Waals surface area contributed by atoms with E-state index in [1.807, 2.05) is 24.1 Å². The number of amides is 2. The van der Waals surface area contributed by atoms with E-state index in [1.165, 1.54) is 25.7 Å². The number of rotatable bonds is 5. The van der Waals surface area contributed by atoms with Crippen LogP contribution in [0.2, 0.25) is 0 Å². The summed E-state index contributed by atoms with van der Waals surface area (Å²) in [7, 11) is 1.90. The summed E-state index contributed by atoms with van der Waals surface area (Å²) in [5, 5.41) is 2.82. The lowest BCUT2D eigenvalue weighted by Gasteiger charge is -2.27. The van der Waals surface area contributed by atoms with Gasteiger partial charge >= 0.3 is 0 Å². The Labute approximate surface area is 146 Å². The molecule has 0 heterocycles. The molecule has 2 amide bonds. The summed E-state index contributed by atoms with van der Waals surface area (Å²) in [4.78, 5) is 26.2. The first-order chi connectivity index (χ1) is 11.1. The van der Waals surface area contributed by atoms with Gasteiger partial charge in [-0.15, -0.1) is 0 Å². The molecule has 0 spiro atoms. The van der Waals surface area contributed by atoms with Crippen molar-refractivity contribution >= 4 is 27.7 Å². The molecule has 126 valence electrons. The van der Waals surface area contributed by atoms with Crippen molar-refractivity contribution in [3.05, 3.63) is 34.3 Å². The van der Waals surface area contributed by atoms with Crippen molar-refractivity contribution in [1.29, 1.82) is 0 Å². The molecule has 0 atom stereocenters. The van der Waals surface area contributed by atoms with Gasteiger partial charge in [-0.25, -0.2) is 0 Å². The molecule has 0 bridgehead atoms. The van der Waals surface area contributed by atoms with Crippen LogP contribution < -0.4 is 5.32 Å². The maximum absolute atomic E-state index is 12.3. The van der Waals surface area contributed by atoms with E-state index in [0.29, 0.717) is 24.6 Å². The second kappa shape index (κ2) is 9.06. The molecule has 1 aliphatic carbocycles. The van der Waals surface area contributed by atoms with E-state index in [2.05, 4.69) is 21.2 Å². The molecule has 1 aromatic carbocycles. The van der Waals surface area contributed by atoms with E-state index in [9.17, 15) is 9.59 Å². The Kier molecular flexibility index (Phi) is 7.09. The number of nitrogens with one attached hydrogen (secondary N) is 1. The summed E-state index contributed by atoms with van der Waals surface area (Å²) in [5.74, 6) is -0.0181. The first kappa shape index (κ1) is 18.0. The second-order valence-corrected chi connectivity index (χ2v) is 7.08. The summed E-state index contributed by atoms with van der Waals surface area (Å²) in [6, 6.07) is 7.56. The second-order valence-electron chi connectivity index (χ2n) is 6.16. The number of halogens is 1. The largest absolute Gasteiger partial charge is 0.352 e. The molecule has 1 aromatic rings. The lowest BCUT2D eigenvalue weighted by Crippen LogP contribution is -2.38. The fourth-order valence-corrected chi connectivity index (χ4v) is 3.28. The quantitative estimate of drug-likeness (QED) is 0.790. The van der Waals surface area contributed by atoms with E-state index in [1.54, 1.807) is 12.1 Å². The maximum atomic E-state index is 12.3. The molecule has 2 rings (SSSR count). The van der Waals surface area contributed by atoms with Gasteiger partial charge in [0, 0.05) is 36.1 Å². The van der Waals surface area contributed by atoms with Gasteiger partial charge < -0.3 is 10.2 Å². The van der Waals surface area contributed by atoms with Crippen molar-refractivity contribution in [3.63, 3.8) is 0 Å². The number of nitrogens with zero attached hydrogens (tertiary/aromatic N) is 1. The highest BCUT2D eigenvalue weighted by molar-refractivity contribution is 9.10. The van der Waals surface area contributed by atoms with Crippen molar-refractivity contribution < 1.29 is 9.59 Å². The number of carbonyl (C=O) groups is 2. The van der Waals surface area contributed by atoms with Crippen LogP contribution in [0.25, 0.3) is 0 Å². The molecule has 23 heavy (non-hydrogen) atoms. The summed E-state index contributed by atoms with van der Waals surface area (Å²) < 4.78 is 0.939. The molecule has 5 heteroatoms. The van der Waals surface area contributed by atoms with Crippen molar-refractivity contribution in [2.45, 2.75) is 51.0 Å². The lowest BCUT2D eigenvalue weighted by molar-refractivity contribution is -0.132. The third-order valence-electron chi connectivity index (χ3n) is 4.50. The normalized spacial score (nSPS) is 15.7. The standard InChI is InChI=1S/C18H25BrN2O2/c1-21(16-6-4-2-3-5-7-16)17(22)12-13-20-18(23)14-8-10-15(19)11-9-14/h8-11,16H,2-7,12-13H2,1H3,(H,20,23). The van der Waals surface area contributed by atoms with Crippen LogP contribution >= 0.6 is 15.9 Å². The van der Waals surface area contributed by atoms with Crippen molar-refractivity contribution in [2.75, 3.05) is 13.6 Å². The minimum absolute atomic E-state index is 0.119. The highest BCUT2D eigenvalue weighted by atomic mass is 79.9. The number of benzene rings is 1. The third kappa shape index (κ3) is 5.65. The Hall–Kier alpha value is -1.36. The van der Waals surface area contributed by atoms with Crippen molar-refractivity contribution in [3.8, 4) is 0 Å². The van der Waals surface area contributed by atoms with Crippen LogP contribution in [-0.2, 0) is 4.79 Å². The van der Waals surface area contributed by atoms with Crippen LogP contribution in [0, 0.1) is 0 Å². The Bertz CT molecular complexity index is 522. The molecule has 0 aliphatic heterocycles. The van der Waals surface area contributed by atoms with Crippen molar-refractivity contribution in [2.24, 2.45) is 0 Å². The first-order valence-corrected chi connectivity index (χ1v) is 9.16. The van der Waals surface area contributed by atoms with E-state index < -0.39 is 0 Å². The van der Waals surface area contributed by atoms with Crippen LogP contribution in [0.1, 0.15) is 55.3 Å². The molecule has 1 saturated carbocycles. The summed E-state index contributed by atoms with van der Waals surface area (Å²) in [6.45, 7) is 0.380. The highest BCUT2D eigenvalue weighted by Crippen LogP contribution is 2.21. The number of hydrogen-bond donors (Lipinski definition) is 1. The summed E-state index contributed by atoms with van der Waals surface area (Å²) >= 11 is 3.34. The maximum Gasteiger partial charge on any atom is 0.251 e. The van der Waals surface area contributed by atoms with Gasteiger partial charge in [0.15, 0.2) is 0 Å². The molecule has 0 aromatic heterocycles. The van der Waals surface area contributed by atoms with Crippen LogP contribution in [0.5, 0.6) is 0 Å². The van der Waals surface area contributed by atoms with Crippen LogP contribution in [0.4, 0.5) is 0 Å².